The number of fused-ring (bicyclic) bond motifs is 1. The van der Waals surface area contributed by atoms with Crippen LogP contribution in [0.4, 0.5) is 0 Å². The number of amides is 1. The molecule has 1 N–H and O–H groups in total. The fraction of sp³-hybridized carbons (Fsp3) is 0.481. The molecule has 2 aromatic heterocycles. The maximum absolute atomic E-state index is 13.6. The van der Waals surface area contributed by atoms with E-state index in [4.69, 9.17) is 14.5 Å². The highest BCUT2D eigenvalue weighted by molar-refractivity contribution is 5.82. The minimum Gasteiger partial charge on any atom is -0.494 e. The Labute approximate surface area is 212 Å². The molecule has 0 saturated heterocycles. The van der Waals surface area contributed by atoms with E-state index >= 15 is 0 Å². The summed E-state index contributed by atoms with van der Waals surface area (Å²) in [5, 5.41) is 3.22. The number of nitrogens with zero attached hydrogens (tertiary/aromatic N) is 4. The zero-order valence-electron chi connectivity index (χ0n) is 21.9. The van der Waals surface area contributed by atoms with Gasteiger partial charge in [-0.15, -0.1) is 0 Å². The van der Waals surface area contributed by atoms with Crippen LogP contribution in [0.2, 0.25) is 0 Å². The van der Waals surface area contributed by atoms with Crippen molar-refractivity contribution in [2.45, 2.75) is 53.1 Å². The molecule has 3 aromatic rings. The van der Waals surface area contributed by atoms with Gasteiger partial charge in [0.05, 0.1) is 24.6 Å². The molecule has 0 fully saturated rings. The lowest BCUT2D eigenvalue weighted by atomic mass is 10.2. The summed E-state index contributed by atoms with van der Waals surface area (Å²) in [7, 11) is 1.52. The highest BCUT2D eigenvalue weighted by Gasteiger charge is 2.18. The van der Waals surface area contributed by atoms with Crippen LogP contribution < -0.4 is 20.3 Å². The number of carbonyl (C=O) groups is 1. The van der Waals surface area contributed by atoms with Crippen LogP contribution >= 0.6 is 0 Å². The van der Waals surface area contributed by atoms with Crippen LogP contribution in [0.5, 0.6) is 11.6 Å². The van der Waals surface area contributed by atoms with Crippen LogP contribution in [0.15, 0.2) is 41.2 Å². The smallest absolute Gasteiger partial charge is 0.262 e. The van der Waals surface area contributed by atoms with E-state index < -0.39 is 0 Å². The minimum absolute atomic E-state index is 0.0547. The lowest BCUT2D eigenvalue weighted by molar-refractivity contribution is -0.122. The summed E-state index contributed by atoms with van der Waals surface area (Å²) < 4.78 is 12.5. The van der Waals surface area contributed by atoms with Crippen LogP contribution in [0, 0.1) is 0 Å². The molecule has 0 bridgehead atoms. The number of benzene rings is 1. The molecule has 9 heteroatoms. The fourth-order valence-corrected chi connectivity index (χ4v) is 4.02. The molecule has 0 radical (unpaired) electrons. The highest BCUT2D eigenvalue weighted by atomic mass is 16.5. The average molecular weight is 496 g/mol. The van der Waals surface area contributed by atoms with Crippen molar-refractivity contribution >= 4 is 16.8 Å². The zero-order valence-corrected chi connectivity index (χ0v) is 21.9. The zero-order chi connectivity index (χ0) is 26.1. The van der Waals surface area contributed by atoms with Crippen molar-refractivity contribution in [3.63, 3.8) is 0 Å². The number of rotatable bonds is 13. The second-order valence-electron chi connectivity index (χ2n) is 8.93. The number of pyridine rings is 1. The van der Waals surface area contributed by atoms with E-state index in [2.05, 4.69) is 29.0 Å². The summed E-state index contributed by atoms with van der Waals surface area (Å²) in [6.45, 7) is 11.5. The Bertz CT molecular complexity index is 1220. The minimum atomic E-state index is -0.330. The van der Waals surface area contributed by atoms with Gasteiger partial charge >= 0.3 is 0 Å². The lowest BCUT2D eigenvalue weighted by Gasteiger charge is -2.19. The van der Waals surface area contributed by atoms with E-state index in [-0.39, 0.29) is 24.1 Å². The molecule has 0 aliphatic carbocycles. The van der Waals surface area contributed by atoms with Crippen molar-refractivity contribution in [1.29, 1.82) is 0 Å². The summed E-state index contributed by atoms with van der Waals surface area (Å²) in [6, 6.07) is 10.5. The van der Waals surface area contributed by atoms with Crippen LogP contribution in [0.3, 0.4) is 0 Å². The molecule has 36 heavy (non-hydrogen) atoms. The average Bonchev–Trinajstić information content (AvgIpc) is 2.87. The number of aromatic nitrogens is 3. The van der Waals surface area contributed by atoms with Crippen molar-refractivity contribution in [3.8, 4) is 23.1 Å². The molecule has 2 heterocycles. The third kappa shape index (κ3) is 7.04. The Kier molecular flexibility index (Phi) is 9.81. The number of methoxy groups -OCH3 is 1. The summed E-state index contributed by atoms with van der Waals surface area (Å²) >= 11 is 0. The van der Waals surface area contributed by atoms with E-state index in [1.165, 1.54) is 11.7 Å². The third-order valence-electron chi connectivity index (χ3n) is 5.71. The van der Waals surface area contributed by atoms with Gasteiger partial charge in [-0.25, -0.2) is 9.97 Å². The first-order valence-corrected chi connectivity index (χ1v) is 12.6. The quantitative estimate of drug-likeness (QED) is 0.363. The van der Waals surface area contributed by atoms with Gasteiger partial charge in [0.25, 0.3) is 5.56 Å². The van der Waals surface area contributed by atoms with Crippen LogP contribution in [0.25, 0.3) is 22.4 Å². The van der Waals surface area contributed by atoms with Crippen molar-refractivity contribution in [1.82, 2.24) is 24.8 Å². The Hall–Kier alpha value is -3.46. The Balaban J connectivity index is 1.93. The molecule has 0 aliphatic heterocycles. The monoisotopic (exact) mass is 495 g/mol. The van der Waals surface area contributed by atoms with E-state index in [1.807, 2.05) is 19.9 Å². The number of hydrogen-bond acceptors (Lipinski definition) is 7. The largest absolute Gasteiger partial charge is 0.494 e. The molecule has 194 valence electrons. The molecule has 9 nitrogen and oxygen atoms in total. The predicted molar refractivity (Wildman–Crippen MR) is 142 cm³/mol. The van der Waals surface area contributed by atoms with Gasteiger partial charge in [0, 0.05) is 18.7 Å². The second-order valence-corrected chi connectivity index (χ2v) is 8.93. The fourth-order valence-electron chi connectivity index (χ4n) is 4.02. The standard InChI is InChI=1S/C27H37N5O4/c1-6-14-31(7-2)15-9-16-36-20-12-13-22-21(17-20)27(34)32(18-24(33)28-19(3)4)26(30-22)23-10-8-11-25(29-23)35-5/h8,10-13,17,19H,6-7,9,14-16,18H2,1-5H3,(H,28,33). The van der Waals surface area contributed by atoms with E-state index in [0.717, 1.165) is 32.5 Å². The van der Waals surface area contributed by atoms with Crippen molar-refractivity contribution < 1.29 is 14.3 Å². The van der Waals surface area contributed by atoms with Crippen LogP contribution in [-0.4, -0.2) is 64.7 Å². The molecule has 1 amide bonds. The predicted octanol–water partition coefficient (Wildman–Crippen LogP) is 3.49. The summed E-state index contributed by atoms with van der Waals surface area (Å²) in [5.41, 5.74) is 0.621. The Morgan fingerprint density at radius 1 is 1.14 bits per heavy atom. The number of ether oxygens (including phenoxy) is 2. The van der Waals surface area contributed by atoms with Crippen molar-refractivity contribution in [3.05, 3.63) is 46.8 Å². The molecule has 0 saturated carbocycles. The van der Waals surface area contributed by atoms with Gasteiger partial charge in [-0.05, 0) is 64.0 Å². The normalized spacial score (nSPS) is 11.3. The molecule has 3 rings (SSSR count). The number of carbonyl (C=O) groups excluding carboxylic acids is 1. The molecular weight excluding hydrogens is 458 g/mol. The SMILES string of the molecule is CCCN(CC)CCCOc1ccc2nc(-c3cccc(OC)n3)n(CC(=O)NC(C)C)c(=O)c2c1. The van der Waals surface area contributed by atoms with Gasteiger partial charge in [-0.2, -0.15) is 0 Å². The molecule has 0 unspecified atom stereocenters. The van der Waals surface area contributed by atoms with E-state index in [9.17, 15) is 9.59 Å². The van der Waals surface area contributed by atoms with Gasteiger partial charge in [0.1, 0.15) is 18.0 Å². The topological polar surface area (TPSA) is 98.6 Å². The maximum Gasteiger partial charge on any atom is 0.262 e. The van der Waals surface area contributed by atoms with Crippen molar-refractivity contribution in [2.24, 2.45) is 0 Å². The van der Waals surface area contributed by atoms with Gasteiger partial charge in [-0.3, -0.25) is 14.2 Å². The van der Waals surface area contributed by atoms with Gasteiger partial charge in [-0.1, -0.05) is 19.9 Å². The molecule has 0 aliphatic rings. The summed E-state index contributed by atoms with van der Waals surface area (Å²) in [4.78, 5) is 37.8. The number of nitrogens with one attached hydrogen (secondary N) is 1. The first-order valence-electron chi connectivity index (χ1n) is 12.6. The van der Waals surface area contributed by atoms with E-state index in [0.29, 0.717) is 40.7 Å². The van der Waals surface area contributed by atoms with Gasteiger partial charge < -0.3 is 19.7 Å². The van der Waals surface area contributed by atoms with E-state index in [1.54, 1.807) is 30.3 Å². The van der Waals surface area contributed by atoms with Crippen molar-refractivity contribution in [2.75, 3.05) is 33.4 Å². The Morgan fingerprint density at radius 3 is 2.64 bits per heavy atom. The first-order chi connectivity index (χ1) is 17.4. The maximum atomic E-state index is 13.6. The summed E-state index contributed by atoms with van der Waals surface area (Å²) in [6.07, 6.45) is 2.02. The number of hydrogen-bond donors (Lipinski definition) is 1. The highest BCUT2D eigenvalue weighted by Crippen LogP contribution is 2.22. The third-order valence-corrected chi connectivity index (χ3v) is 5.71. The van der Waals surface area contributed by atoms with Gasteiger partial charge in [0.15, 0.2) is 5.82 Å². The lowest BCUT2D eigenvalue weighted by Crippen LogP contribution is -2.37. The first kappa shape index (κ1) is 27.1. The summed E-state index contributed by atoms with van der Waals surface area (Å²) in [5.74, 6) is 1.02. The molecular formula is C27H37N5O4. The van der Waals surface area contributed by atoms with Crippen LogP contribution in [-0.2, 0) is 11.3 Å². The van der Waals surface area contributed by atoms with Crippen LogP contribution in [0.1, 0.15) is 40.5 Å². The van der Waals surface area contributed by atoms with Gasteiger partial charge in [0.2, 0.25) is 11.8 Å². The molecule has 0 atom stereocenters. The molecule has 1 aromatic carbocycles. The Morgan fingerprint density at radius 2 is 1.94 bits per heavy atom. The molecule has 0 spiro atoms. The second kappa shape index (κ2) is 13.0.